The predicted octanol–water partition coefficient (Wildman–Crippen LogP) is 4.95. The minimum Gasteiger partial charge on any atom is -0.427 e. The third-order valence-corrected chi connectivity index (χ3v) is 7.58. The van der Waals surface area contributed by atoms with E-state index in [0.717, 1.165) is 30.0 Å². The highest BCUT2D eigenvalue weighted by Gasteiger charge is 2.25. The quantitative estimate of drug-likeness (QED) is 0.302. The van der Waals surface area contributed by atoms with Crippen LogP contribution >= 0.6 is 11.8 Å². The van der Waals surface area contributed by atoms with Crippen LogP contribution in [-0.2, 0) is 25.2 Å². The standard InChI is InChI=1S/C24H17F2NO5S2/c1-14(28)32-16-7-5-15(6-8-16)11-23-24(29)27-21-12-17(9-10-22(21)33-23)34(30,31)13-18-19(25)3-2-4-20(18)26/h2-12H,13H2,1H3,(H,27,29)/b23-11-. The first-order chi connectivity index (χ1) is 16.1. The Balaban J connectivity index is 1.56. The zero-order valence-electron chi connectivity index (χ0n) is 17.7. The summed E-state index contributed by atoms with van der Waals surface area (Å²) in [5, 5.41) is 2.66. The molecule has 1 heterocycles. The van der Waals surface area contributed by atoms with Crippen molar-refractivity contribution in [1.82, 2.24) is 0 Å². The highest BCUT2D eigenvalue weighted by atomic mass is 32.2. The Morgan fingerprint density at radius 2 is 1.74 bits per heavy atom. The fourth-order valence-corrected chi connectivity index (χ4v) is 5.55. The summed E-state index contributed by atoms with van der Waals surface area (Å²) >= 11 is 1.15. The molecule has 34 heavy (non-hydrogen) atoms. The van der Waals surface area contributed by atoms with Crippen molar-refractivity contribution in [2.75, 3.05) is 5.32 Å². The monoisotopic (exact) mass is 501 g/mol. The first-order valence-corrected chi connectivity index (χ1v) is 12.4. The van der Waals surface area contributed by atoms with Gasteiger partial charge in [0.2, 0.25) is 0 Å². The average Bonchev–Trinajstić information content (AvgIpc) is 2.77. The van der Waals surface area contributed by atoms with Gasteiger partial charge >= 0.3 is 5.97 Å². The summed E-state index contributed by atoms with van der Waals surface area (Å²) < 4.78 is 58.4. The second-order valence-electron chi connectivity index (χ2n) is 7.34. The van der Waals surface area contributed by atoms with E-state index in [1.165, 1.54) is 25.1 Å². The van der Waals surface area contributed by atoms with Crippen molar-refractivity contribution in [1.29, 1.82) is 0 Å². The summed E-state index contributed by atoms with van der Waals surface area (Å²) in [6, 6.07) is 13.9. The largest absolute Gasteiger partial charge is 0.427 e. The Bertz CT molecular complexity index is 1410. The average molecular weight is 502 g/mol. The number of carbonyl (C=O) groups excluding carboxylic acids is 2. The molecule has 0 unspecified atom stereocenters. The summed E-state index contributed by atoms with van der Waals surface area (Å²) in [7, 11) is -4.08. The molecule has 0 radical (unpaired) electrons. The summed E-state index contributed by atoms with van der Waals surface area (Å²) in [4.78, 5) is 24.4. The maximum atomic E-state index is 13.9. The number of nitrogens with one attached hydrogen (secondary N) is 1. The molecule has 0 atom stereocenters. The van der Waals surface area contributed by atoms with Gasteiger partial charge in [0.15, 0.2) is 9.84 Å². The molecule has 1 amide bonds. The van der Waals surface area contributed by atoms with Crippen molar-refractivity contribution in [3.63, 3.8) is 0 Å². The molecule has 174 valence electrons. The lowest BCUT2D eigenvalue weighted by molar-refractivity contribution is -0.131. The van der Waals surface area contributed by atoms with E-state index in [-0.39, 0.29) is 10.6 Å². The van der Waals surface area contributed by atoms with Crippen LogP contribution in [0.5, 0.6) is 5.75 Å². The summed E-state index contributed by atoms with van der Waals surface area (Å²) in [6.45, 7) is 1.30. The zero-order chi connectivity index (χ0) is 24.5. The molecule has 1 aliphatic heterocycles. The van der Waals surface area contributed by atoms with Crippen molar-refractivity contribution in [2.24, 2.45) is 0 Å². The molecule has 0 aliphatic carbocycles. The number of rotatable bonds is 5. The number of amides is 1. The molecule has 4 rings (SSSR count). The van der Waals surface area contributed by atoms with E-state index < -0.39 is 44.7 Å². The maximum Gasteiger partial charge on any atom is 0.308 e. The van der Waals surface area contributed by atoms with Crippen LogP contribution in [0.25, 0.3) is 6.08 Å². The molecular weight excluding hydrogens is 484 g/mol. The molecule has 0 spiro atoms. The highest BCUT2D eigenvalue weighted by Crippen LogP contribution is 2.40. The zero-order valence-corrected chi connectivity index (χ0v) is 19.3. The van der Waals surface area contributed by atoms with Gasteiger partial charge in [0.05, 0.1) is 21.2 Å². The number of hydrogen-bond acceptors (Lipinski definition) is 6. The van der Waals surface area contributed by atoms with Crippen LogP contribution in [0, 0.1) is 11.6 Å². The van der Waals surface area contributed by atoms with Gasteiger partial charge in [0.25, 0.3) is 5.91 Å². The van der Waals surface area contributed by atoms with Crippen LogP contribution in [-0.4, -0.2) is 20.3 Å². The molecule has 10 heteroatoms. The van der Waals surface area contributed by atoms with Gasteiger partial charge in [-0.25, -0.2) is 17.2 Å². The molecule has 6 nitrogen and oxygen atoms in total. The van der Waals surface area contributed by atoms with E-state index in [2.05, 4.69) is 5.32 Å². The fourth-order valence-electron chi connectivity index (χ4n) is 3.23. The lowest BCUT2D eigenvalue weighted by atomic mass is 10.2. The van der Waals surface area contributed by atoms with Crippen LogP contribution in [0.15, 0.2) is 75.4 Å². The van der Waals surface area contributed by atoms with Crippen molar-refractivity contribution in [2.45, 2.75) is 22.5 Å². The van der Waals surface area contributed by atoms with Crippen molar-refractivity contribution in [3.8, 4) is 5.75 Å². The van der Waals surface area contributed by atoms with E-state index in [4.69, 9.17) is 4.74 Å². The second kappa shape index (κ2) is 9.40. The number of benzene rings is 3. The molecule has 1 aliphatic rings. The third kappa shape index (κ3) is 5.18. The lowest BCUT2D eigenvalue weighted by Crippen LogP contribution is -2.18. The topological polar surface area (TPSA) is 89.5 Å². The highest BCUT2D eigenvalue weighted by molar-refractivity contribution is 8.04. The van der Waals surface area contributed by atoms with Gasteiger partial charge in [-0.15, -0.1) is 0 Å². The first kappa shape index (κ1) is 23.7. The second-order valence-corrected chi connectivity index (χ2v) is 10.4. The smallest absolute Gasteiger partial charge is 0.308 e. The Hall–Kier alpha value is -3.50. The lowest BCUT2D eigenvalue weighted by Gasteiger charge is -2.19. The summed E-state index contributed by atoms with van der Waals surface area (Å²) in [5.74, 6) is -3.23. The Morgan fingerprint density at radius 3 is 2.38 bits per heavy atom. The molecule has 0 saturated heterocycles. The number of ether oxygens (including phenoxy) is 1. The number of esters is 1. The number of carbonyl (C=O) groups is 2. The van der Waals surface area contributed by atoms with Gasteiger partial charge in [-0.2, -0.15) is 0 Å². The maximum absolute atomic E-state index is 13.9. The number of halogens is 2. The molecule has 0 bridgehead atoms. The van der Waals surface area contributed by atoms with Gasteiger partial charge in [0.1, 0.15) is 17.4 Å². The number of hydrogen-bond donors (Lipinski definition) is 1. The number of thioether (sulfide) groups is 1. The molecule has 0 aromatic heterocycles. The fraction of sp³-hybridized carbons (Fsp3) is 0.0833. The van der Waals surface area contributed by atoms with Gasteiger partial charge in [-0.05, 0) is 54.1 Å². The van der Waals surface area contributed by atoms with E-state index in [1.807, 2.05) is 0 Å². The SMILES string of the molecule is CC(=O)Oc1ccc(/C=C2\Sc3ccc(S(=O)(=O)Cc4c(F)cccc4F)cc3NC2=O)cc1. The Labute approximate surface area is 198 Å². The predicted molar refractivity (Wildman–Crippen MR) is 124 cm³/mol. The Kier molecular flexibility index (Phi) is 6.54. The van der Waals surface area contributed by atoms with E-state index in [0.29, 0.717) is 21.1 Å². The molecule has 0 fully saturated rings. The van der Waals surface area contributed by atoms with E-state index in [9.17, 15) is 26.8 Å². The molecule has 3 aromatic rings. The van der Waals surface area contributed by atoms with E-state index in [1.54, 1.807) is 30.3 Å². The van der Waals surface area contributed by atoms with Crippen LogP contribution < -0.4 is 10.1 Å². The van der Waals surface area contributed by atoms with Crippen LogP contribution in [0.1, 0.15) is 18.1 Å². The van der Waals surface area contributed by atoms with E-state index >= 15 is 0 Å². The Morgan fingerprint density at radius 1 is 1.06 bits per heavy atom. The van der Waals surface area contributed by atoms with Gasteiger partial charge in [-0.1, -0.05) is 30.0 Å². The molecular formula is C24H17F2NO5S2. The molecule has 3 aromatic carbocycles. The minimum atomic E-state index is -4.08. The first-order valence-electron chi connectivity index (χ1n) is 9.91. The number of sulfone groups is 1. The number of anilines is 1. The minimum absolute atomic E-state index is 0.164. The molecule has 1 N–H and O–H groups in total. The normalized spacial score (nSPS) is 14.4. The summed E-state index contributed by atoms with van der Waals surface area (Å²) in [5.41, 5.74) is 0.444. The van der Waals surface area contributed by atoms with Crippen LogP contribution in [0.2, 0.25) is 0 Å². The van der Waals surface area contributed by atoms with Gasteiger partial charge in [-0.3, -0.25) is 9.59 Å². The van der Waals surface area contributed by atoms with Crippen molar-refractivity contribution < 1.29 is 31.5 Å². The summed E-state index contributed by atoms with van der Waals surface area (Å²) in [6.07, 6.45) is 1.64. The van der Waals surface area contributed by atoms with Crippen LogP contribution in [0.3, 0.4) is 0 Å². The van der Waals surface area contributed by atoms with Gasteiger partial charge < -0.3 is 10.1 Å². The van der Waals surface area contributed by atoms with Crippen molar-refractivity contribution >= 4 is 45.2 Å². The number of fused-ring (bicyclic) bond motifs is 1. The van der Waals surface area contributed by atoms with Crippen LogP contribution in [0.4, 0.5) is 14.5 Å². The third-order valence-electron chi connectivity index (χ3n) is 4.84. The molecule has 0 saturated carbocycles. The van der Waals surface area contributed by atoms with Crippen molar-refractivity contribution in [3.05, 3.63) is 88.3 Å². The van der Waals surface area contributed by atoms with Gasteiger partial charge in [0, 0.05) is 17.4 Å².